The quantitative estimate of drug-likeness (QED) is 0.708. The van der Waals surface area contributed by atoms with E-state index < -0.39 is 0 Å². The average molecular weight is 212 g/mol. The minimum atomic E-state index is 0.0725. The summed E-state index contributed by atoms with van der Waals surface area (Å²) in [4.78, 5) is 14.9. The number of methoxy groups -OCH3 is 1. The number of hydrogen-bond acceptors (Lipinski definition) is 5. The summed E-state index contributed by atoms with van der Waals surface area (Å²) >= 11 is 0. The zero-order chi connectivity index (χ0) is 11.3. The molecule has 0 radical (unpaired) electrons. The van der Waals surface area contributed by atoms with Crippen molar-refractivity contribution < 1.29 is 14.1 Å². The number of hydrogen-bond donors (Lipinski definition) is 0. The second-order valence-corrected chi connectivity index (χ2v) is 3.56. The lowest BCUT2D eigenvalue weighted by molar-refractivity contribution is -0.117. The van der Waals surface area contributed by atoms with Crippen molar-refractivity contribution in [3.8, 4) is 0 Å². The van der Waals surface area contributed by atoms with E-state index in [0.717, 1.165) is 0 Å². The van der Waals surface area contributed by atoms with Gasteiger partial charge in [-0.25, -0.2) is 0 Å². The summed E-state index contributed by atoms with van der Waals surface area (Å²) in [7, 11) is 1.64. The summed E-state index contributed by atoms with van der Waals surface area (Å²) in [6, 6.07) is 0. The molecule has 5 nitrogen and oxygen atoms in total. The molecule has 0 fully saturated rings. The van der Waals surface area contributed by atoms with E-state index >= 15 is 0 Å². The first kappa shape index (κ1) is 11.8. The van der Waals surface area contributed by atoms with Crippen molar-refractivity contribution in [1.82, 2.24) is 10.1 Å². The molecule has 1 heterocycles. The number of aromatic nitrogens is 2. The largest absolute Gasteiger partial charge is 0.381 e. The van der Waals surface area contributed by atoms with E-state index in [2.05, 4.69) is 10.1 Å². The lowest BCUT2D eigenvalue weighted by atomic mass is 10.2. The Morgan fingerprint density at radius 2 is 2.33 bits per heavy atom. The molecule has 15 heavy (non-hydrogen) atoms. The Morgan fingerprint density at radius 3 is 2.93 bits per heavy atom. The first-order valence-corrected chi connectivity index (χ1v) is 4.95. The van der Waals surface area contributed by atoms with Crippen molar-refractivity contribution >= 4 is 5.78 Å². The van der Waals surface area contributed by atoms with Crippen LogP contribution in [0.3, 0.4) is 0 Å². The van der Waals surface area contributed by atoms with Crippen LogP contribution in [0.5, 0.6) is 0 Å². The molecule has 1 rings (SSSR count). The van der Waals surface area contributed by atoms with Crippen LogP contribution in [0.2, 0.25) is 0 Å². The molecule has 0 aliphatic rings. The van der Waals surface area contributed by atoms with Crippen molar-refractivity contribution in [2.24, 2.45) is 0 Å². The molecular weight excluding hydrogens is 196 g/mol. The lowest BCUT2D eigenvalue weighted by Gasteiger charge is -2.03. The van der Waals surface area contributed by atoms with E-state index in [1.165, 1.54) is 0 Å². The Morgan fingerprint density at radius 1 is 1.60 bits per heavy atom. The van der Waals surface area contributed by atoms with Crippen LogP contribution in [0.25, 0.3) is 0 Å². The minimum absolute atomic E-state index is 0.0725. The second-order valence-electron chi connectivity index (χ2n) is 3.56. The predicted octanol–water partition coefficient (Wildman–Crippen LogP) is 1.17. The number of ketones is 1. The van der Waals surface area contributed by atoms with Crippen LogP contribution < -0.4 is 0 Å². The molecule has 1 atom stereocenters. The Bertz CT molecular complexity index is 322. The van der Waals surface area contributed by atoms with Gasteiger partial charge in [0.25, 0.3) is 0 Å². The topological polar surface area (TPSA) is 65.2 Å². The molecule has 1 aromatic heterocycles. The Hall–Kier alpha value is -1.23. The molecule has 5 heteroatoms. The number of ether oxygens (including phenoxy) is 1. The van der Waals surface area contributed by atoms with Crippen molar-refractivity contribution in [1.29, 1.82) is 0 Å². The van der Waals surface area contributed by atoms with Gasteiger partial charge >= 0.3 is 0 Å². The highest BCUT2D eigenvalue weighted by atomic mass is 16.5. The number of nitrogens with zero attached hydrogens (tertiary/aromatic N) is 2. The van der Waals surface area contributed by atoms with Crippen molar-refractivity contribution in [2.75, 3.05) is 7.11 Å². The lowest BCUT2D eigenvalue weighted by Crippen LogP contribution is -2.09. The standard InChI is InChI=1S/C10H16N2O3/c1-7(13)4-5-10-11-9(12-15-10)6-8(2)14-3/h8H,4-6H2,1-3H3. The smallest absolute Gasteiger partial charge is 0.227 e. The summed E-state index contributed by atoms with van der Waals surface area (Å²) in [5.41, 5.74) is 0. The summed E-state index contributed by atoms with van der Waals surface area (Å²) in [6.45, 7) is 3.48. The predicted molar refractivity (Wildman–Crippen MR) is 53.5 cm³/mol. The third kappa shape index (κ3) is 4.20. The molecule has 1 aromatic rings. The number of carbonyl (C=O) groups excluding carboxylic acids is 1. The van der Waals surface area contributed by atoms with E-state index in [1.807, 2.05) is 6.92 Å². The Labute approximate surface area is 88.8 Å². The van der Waals surface area contributed by atoms with Gasteiger partial charge in [-0.2, -0.15) is 4.98 Å². The molecule has 0 bridgehead atoms. The van der Waals surface area contributed by atoms with Gasteiger partial charge in [-0.3, -0.25) is 0 Å². The van der Waals surface area contributed by atoms with Gasteiger partial charge in [-0.15, -0.1) is 0 Å². The van der Waals surface area contributed by atoms with Gasteiger partial charge < -0.3 is 14.1 Å². The molecular formula is C10H16N2O3. The van der Waals surface area contributed by atoms with Crippen LogP contribution in [0.1, 0.15) is 32.0 Å². The molecule has 84 valence electrons. The molecule has 1 unspecified atom stereocenters. The Balaban J connectivity index is 2.45. The highest BCUT2D eigenvalue weighted by Crippen LogP contribution is 2.04. The molecule has 0 amide bonds. The molecule has 0 aromatic carbocycles. The summed E-state index contributed by atoms with van der Waals surface area (Å²) in [5, 5.41) is 3.80. The van der Waals surface area contributed by atoms with Gasteiger partial charge in [-0.05, 0) is 13.8 Å². The fourth-order valence-electron chi connectivity index (χ4n) is 1.10. The van der Waals surface area contributed by atoms with E-state index in [-0.39, 0.29) is 11.9 Å². The molecule has 0 saturated heterocycles. The van der Waals surface area contributed by atoms with E-state index in [0.29, 0.717) is 31.0 Å². The molecule has 0 saturated carbocycles. The third-order valence-electron chi connectivity index (χ3n) is 2.07. The number of rotatable bonds is 6. The summed E-state index contributed by atoms with van der Waals surface area (Å²) in [5.74, 6) is 1.27. The van der Waals surface area contributed by atoms with Gasteiger partial charge in [-0.1, -0.05) is 5.16 Å². The van der Waals surface area contributed by atoms with Gasteiger partial charge in [0.15, 0.2) is 5.82 Å². The zero-order valence-corrected chi connectivity index (χ0v) is 9.32. The fourth-order valence-corrected chi connectivity index (χ4v) is 1.10. The van der Waals surface area contributed by atoms with Crippen LogP contribution in [-0.2, 0) is 22.4 Å². The zero-order valence-electron chi connectivity index (χ0n) is 9.32. The van der Waals surface area contributed by atoms with Gasteiger partial charge in [0.1, 0.15) is 5.78 Å². The van der Waals surface area contributed by atoms with Crippen LogP contribution in [0.4, 0.5) is 0 Å². The van der Waals surface area contributed by atoms with Crippen molar-refractivity contribution in [3.05, 3.63) is 11.7 Å². The van der Waals surface area contributed by atoms with Crippen LogP contribution >= 0.6 is 0 Å². The Kier molecular flexibility index (Phi) is 4.42. The first-order valence-electron chi connectivity index (χ1n) is 4.95. The number of carbonyl (C=O) groups is 1. The molecule has 0 aliphatic heterocycles. The number of Topliss-reactive ketones (excluding diaryl/α,β-unsaturated/α-hetero) is 1. The molecule has 0 N–H and O–H groups in total. The van der Waals surface area contributed by atoms with E-state index in [9.17, 15) is 4.79 Å². The highest BCUT2D eigenvalue weighted by Gasteiger charge is 2.10. The van der Waals surface area contributed by atoms with Crippen molar-refractivity contribution in [3.63, 3.8) is 0 Å². The first-order chi connectivity index (χ1) is 7.11. The molecule has 0 aliphatic carbocycles. The average Bonchev–Trinajstić information content (AvgIpc) is 2.62. The van der Waals surface area contributed by atoms with Crippen LogP contribution in [0.15, 0.2) is 4.52 Å². The van der Waals surface area contributed by atoms with Gasteiger partial charge in [0.2, 0.25) is 5.89 Å². The SMILES string of the molecule is COC(C)Cc1noc(CCC(C)=O)n1. The highest BCUT2D eigenvalue weighted by molar-refractivity contribution is 5.75. The van der Waals surface area contributed by atoms with Gasteiger partial charge in [0, 0.05) is 26.4 Å². The maximum atomic E-state index is 10.7. The van der Waals surface area contributed by atoms with E-state index in [4.69, 9.17) is 9.26 Å². The summed E-state index contributed by atoms with van der Waals surface area (Å²) in [6.07, 6.45) is 1.66. The van der Waals surface area contributed by atoms with Crippen molar-refractivity contribution in [2.45, 2.75) is 39.2 Å². The molecule has 0 spiro atoms. The fraction of sp³-hybridized carbons (Fsp3) is 0.700. The van der Waals surface area contributed by atoms with E-state index in [1.54, 1.807) is 14.0 Å². The summed E-state index contributed by atoms with van der Waals surface area (Å²) < 4.78 is 10.1. The maximum Gasteiger partial charge on any atom is 0.227 e. The number of aryl methyl sites for hydroxylation is 1. The maximum absolute atomic E-state index is 10.7. The minimum Gasteiger partial charge on any atom is -0.381 e. The normalized spacial score (nSPS) is 12.7. The third-order valence-corrected chi connectivity index (χ3v) is 2.07. The van der Waals surface area contributed by atoms with Crippen LogP contribution in [-0.4, -0.2) is 29.1 Å². The van der Waals surface area contributed by atoms with Gasteiger partial charge in [0.05, 0.1) is 6.10 Å². The second kappa shape index (κ2) is 5.60. The monoisotopic (exact) mass is 212 g/mol. The van der Waals surface area contributed by atoms with Crippen LogP contribution in [0, 0.1) is 0 Å².